The monoisotopic (exact) mass is 437 g/mol. The van der Waals surface area contributed by atoms with Crippen molar-refractivity contribution in [3.05, 3.63) is 75.5 Å². The van der Waals surface area contributed by atoms with Crippen LogP contribution < -0.4 is 14.2 Å². The minimum absolute atomic E-state index is 0.0283. The van der Waals surface area contributed by atoms with Crippen LogP contribution in [0.3, 0.4) is 0 Å². The largest absolute Gasteiger partial charge is 0.493 e. The first kappa shape index (κ1) is 21.2. The number of rotatable bonds is 6. The zero-order valence-electron chi connectivity index (χ0n) is 18.3. The van der Waals surface area contributed by atoms with E-state index in [4.69, 9.17) is 14.2 Å². The summed E-state index contributed by atoms with van der Waals surface area (Å²) >= 11 is 1.65. The third-order valence-electron chi connectivity index (χ3n) is 5.65. The van der Waals surface area contributed by atoms with E-state index in [0.29, 0.717) is 23.8 Å². The predicted octanol–water partition coefficient (Wildman–Crippen LogP) is 5.02. The van der Waals surface area contributed by atoms with Crippen molar-refractivity contribution >= 4 is 17.2 Å². The van der Waals surface area contributed by atoms with Crippen molar-refractivity contribution in [2.24, 2.45) is 0 Å². The van der Waals surface area contributed by atoms with Gasteiger partial charge in [-0.15, -0.1) is 11.3 Å². The lowest BCUT2D eigenvalue weighted by atomic mass is 9.90. The standard InChI is InChI=1S/C25H27NO4S/c1-16-7-9-19(10-8-16)30-17(2)25(27)26-12-11-18-14-21(28-3)22(29-4)15-20(18)24(26)23-6-5-13-31-23/h5-10,13-15,17,24H,11-12H2,1-4H3. The molecular formula is C25H27NO4S. The Balaban J connectivity index is 1.67. The molecule has 0 radical (unpaired) electrons. The van der Waals surface area contributed by atoms with Crippen LogP contribution in [0, 0.1) is 6.92 Å². The molecule has 0 aliphatic carbocycles. The van der Waals surface area contributed by atoms with Crippen LogP contribution in [-0.2, 0) is 11.2 Å². The summed E-state index contributed by atoms with van der Waals surface area (Å²) in [5.74, 6) is 2.05. The van der Waals surface area contributed by atoms with Gasteiger partial charge in [0.2, 0.25) is 0 Å². The smallest absolute Gasteiger partial charge is 0.264 e. The number of fused-ring (bicyclic) bond motifs is 1. The number of hydrogen-bond acceptors (Lipinski definition) is 5. The molecule has 2 atom stereocenters. The normalized spacial score (nSPS) is 16.4. The zero-order valence-corrected chi connectivity index (χ0v) is 19.1. The lowest BCUT2D eigenvalue weighted by Gasteiger charge is -2.38. The average Bonchev–Trinajstić information content (AvgIpc) is 3.32. The molecule has 2 heterocycles. The molecule has 4 rings (SSSR count). The van der Waals surface area contributed by atoms with Crippen LogP contribution in [0.15, 0.2) is 53.9 Å². The maximum Gasteiger partial charge on any atom is 0.264 e. The summed E-state index contributed by atoms with van der Waals surface area (Å²) in [5.41, 5.74) is 3.40. The van der Waals surface area contributed by atoms with Crippen LogP contribution in [0.5, 0.6) is 17.2 Å². The first-order chi connectivity index (χ1) is 15.0. The third kappa shape index (κ3) is 4.26. The fourth-order valence-corrected chi connectivity index (χ4v) is 4.90. The number of carbonyl (C=O) groups excluding carboxylic acids is 1. The summed E-state index contributed by atoms with van der Waals surface area (Å²) in [6.45, 7) is 4.46. The average molecular weight is 438 g/mol. The third-order valence-corrected chi connectivity index (χ3v) is 6.58. The van der Waals surface area contributed by atoms with Crippen molar-refractivity contribution in [3.63, 3.8) is 0 Å². The number of carbonyl (C=O) groups is 1. The number of benzene rings is 2. The molecule has 0 saturated heterocycles. The number of nitrogens with zero attached hydrogens (tertiary/aromatic N) is 1. The van der Waals surface area contributed by atoms with E-state index in [0.717, 1.165) is 22.4 Å². The van der Waals surface area contributed by atoms with Gasteiger partial charge >= 0.3 is 0 Å². The Bertz CT molecular complexity index is 1050. The van der Waals surface area contributed by atoms with Gasteiger partial charge in [-0.25, -0.2) is 0 Å². The van der Waals surface area contributed by atoms with Gasteiger partial charge in [-0.05, 0) is 67.1 Å². The molecule has 1 aliphatic heterocycles. The number of aryl methyl sites for hydroxylation is 1. The van der Waals surface area contributed by atoms with E-state index in [1.807, 2.05) is 66.6 Å². The maximum absolute atomic E-state index is 13.5. The molecule has 1 amide bonds. The molecule has 2 unspecified atom stereocenters. The maximum atomic E-state index is 13.5. The molecule has 5 nitrogen and oxygen atoms in total. The molecule has 0 fully saturated rings. The van der Waals surface area contributed by atoms with Gasteiger partial charge < -0.3 is 19.1 Å². The second kappa shape index (κ2) is 9.02. The first-order valence-electron chi connectivity index (χ1n) is 10.3. The number of hydrogen-bond donors (Lipinski definition) is 0. The summed E-state index contributed by atoms with van der Waals surface area (Å²) in [7, 11) is 3.28. The van der Waals surface area contributed by atoms with E-state index in [-0.39, 0.29) is 11.9 Å². The molecule has 162 valence electrons. The van der Waals surface area contributed by atoms with E-state index in [9.17, 15) is 4.79 Å². The molecular weight excluding hydrogens is 410 g/mol. The molecule has 1 aliphatic rings. The SMILES string of the molecule is COc1cc2c(cc1OC)C(c1cccs1)N(C(=O)C(C)Oc1ccc(C)cc1)CC2. The van der Waals surface area contributed by atoms with E-state index in [1.165, 1.54) is 5.56 Å². The highest BCUT2D eigenvalue weighted by Crippen LogP contribution is 2.42. The Morgan fingerprint density at radius 2 is 1.81 bits per heavy atom. The molecule has 31 heavy (non-hydrogen) atoms. The van der Waals surface area contributed by atoms with Crippen molar-refractivity contribution in [1.29, 1.82) is 0 Å². The van der Waals surface area contributed by atoms with Crippen molar-refractivity contribution in [1.82, 2.24) is 4.90 Å². The Labute approximate surface area is 187 Å². The number of thiophene rings is 1. The highest BCUT2D eigenvalue weighted by molar-refractivity contribution is 7.10. The minimum atomic E-state index is -0.591. The Kier molecular flexibility index (Phi) is 6.18. The summed E-state index contributed by atoms with van der Waals surface area (Å²) in [6.07, 6.45) is 0.160. The van der Waals surface area contributed by atoms with Gasteiger partial charge in [-0.2, -0.15) is 0 Å². The molecule has 0 saturated carbocycles. The lowest BCUT2D eigenvalue weighted by molar-refractivity contribution is -0.140. The summed E-state index contributed by atoms with van der Waals surface area (Å²) < 4.78 is 17.0. The van der Waals surface area contributed by atoms with Gasteiger partial charge in [0, 0.05) is 11.4 Å². The van der Waals surface area contributed by atoms with E-state index in [2.05, 4.69) is 6.07 Å². The van der Waals surface area contributed by atoms with Gasteiger partial charge in [-0.3, -0.25) is 4.79 Å². The van der Waals surface area contributed by atoms with Crippen LogP contribution in [-0.4, -0.2) is 37.7 Å². The van der Waals surface area contributed by atoms with E-state index < -0.39 is 6.10 Å². The fourth-order valence-electron chi connectivity index (χ4n) is 4.04. The number of amides is 1. The second-order valence-corrected chi connectivity index (χ2v) is 8.66. The Morgan fingerprint density at radius 1 is 1.10 bits per heavy atom. The molecule has 0 spiro atoms. The summed E-state index contributed by atoms with van der Waals surface area (Å²) in [5, 5.41) is 2.04. The lowest BCUT2D eigenvalue weighted by Crippen LogP contribution is -2.46. The molecule has 3 aromatic rings. The highest BCUT2D eigenvalue weighted by atomic mass is 32.1. The Morgan fingerprint density at radius 3 is 2.45 bits per heavy atom. The highest BCUT2D eigenvalue weighted by Gasteiger charge is 2.36. The molecule has 0 N–H and O–H groups in total. The van der Waals surface area contributed by atoms with Gasteiger partial charge in [0.25, 0.3) is 5.91 Å². The van der Waals surface area contributed by atoms with Crippen molar-refractivity contribution in [3.8, 4) is 17.2 Å². The fraction of sp³-hybridized carbons (Fsp3) is 0.320. The second-order valence-electron chi connectivity index (χ2n) is 7.68. The van der Waals surface area contributed by atoms with Crippen LogP contribution in [0.2, 0.25) is 0 Å². The summed E-state index contributed by atoms with van der Waals surface area (Å²) in [4.78, 5) is 16.6. The molecule has 0 bridgehead atoms. The van der Waals surface area contributed by atoms with Gasteiger partial charge in [-0.1, -0.05) is 23.8 Å². The van der Waals surface area contributed by atoms with Crippen molar-refractivity contribution < 1.29 is 19.0 Å². The van der Waals surface area contributed by atoms with Crippen LogP contribution >= 0.6 is 11.3 Å². The van der Waals surface area contributed by atoms with Crippen LogP contribution in [0.4, 0.5) is 0 Å². The Hall–Kier alpha value is -2.99. The van der Waals surface area contributed by atoms with Gasteiger partial charge in [0.15, 0.2) is 17.6 Å². The summed E-state index contributed by atoms with van der Waals surface area (Å²) in [6, 6.07) is 15.7. The van der Waals surface area contributed by atoms with Crippen molar-refractivity contribution in [2.75, 3.05) is 20.8 Å². The van der Waals surface area contributed by atoms with Crippen molar-refractivity contribution in [2.45, 2.75) is 32.4 Å². The number of methoxy groups -OCH3 is 2. The quantitative estimate of drug-likeness (QED) is 0.544. The molecule has 2 aromatic carbocycles. The van der Waals surface area contributed by atoms with Gasteiger partial charge in [0.1, 0.15) is 5.75 Å². The van der Waals surface area contributed by atoms with Crippen LogP contribution in [0.25, 0.3) is 0 Å². The first-order valence-corrected chi connectivity index (χ1v) is 11.2. The molecule has 6 heteroatoms. The van der Waals surface area contributed by atoms with E-state index >= 15 is 0 Å². The van der Waals surface area contributed by atoms with E-state index in [1.54, 1.807) is 25.6 Å². The topological polar surface area (TPSA) is 48.0 Å². The predicted molar refractivity (Wildman–Crippen MR) is 122 cm³/mol. The zero-order chi connectivity index (χ0) is 22.0. The molecule has 1 aromatic heterocycles. The minimum Gasteiger partial charge on any atom is -0.493 e. The number of ether oxygens (including phenoxy) is 3. The van der Waals surface area contributed by atoms with Crippen LogP contribution in [0.1, 0.15) is 34.5 Å². The van der Waals surface area contributed by atoms with Gasteiger partial charge in [0.05, 0.1) is 20.3 Å².